The molecule has 2 rings (SSSR count). The van der Waals surface area contributed by atoms with E-state index < -0.39 is 6.10 Å². The van der Waals surface area contributed by atoms with Crippen molar-refractivity contribution in [3.8, 4) is 0 Å². The van der Waals surface area contributed by atoms with Crippen molar-refractivity contribution in [2.24, 2.45) is 5.92 Å². The topological polar surface area (TPSA) is 49.3 Å². The molecule has 1 aliphatic carbocycles. The molecule has 2 atom stereocenters. The molecule has 0 unspecified atom stereocenters. The van der Waals surface area contributed by atoms with E-state index in [2.05, 4.69) is 17.5 Å². The Morgan fingerprint density at radius 3 is 2.79 bits per heavy atom. The molecule has 1 amide bonds. The minimum atomic E-state index is -0.694. The summed E-state index contributed by atoms with van der Waals surface area (Å²) in [5, 5.41) is 13.3. The minimum Gasteiger partial charge on any atom is -0.387 e. The second-order valence-corrected chi connectivity index (χ2v) is 5.28. The highest BCUT2D eigenvalue weighted by Gasteiger charge is 2.15. The molecule has 0 radical (unpaired) electrons. The van der Waals surface area contributed by atoms with Crippen molar-refractivity contribution in [3.63, 3.8) is 0 Å². The molecule has 0 bridgehead atoms. The van der Waals surface area contributed by atoms with Crippen LogP contribution in [0.15, 0.2) is 36.4 Å². The maximum atomic E-state index is 11.7. The van der Waals surface area contributed by atoms with Crippen molar-refractivity contribution < 1.29 is 9.90 Å². The summed E-state index contributed by atoms with van der Waals surface area (Å²) in [6, 6.07) is 6.98. The number of amides is 1. The van der Waals surface area contributed by atoms with Gasteiger partial charge in [-0.3, -0.25) is 4.79 Å². The normalized spacial score (nSPS) is 19.4. The number of aliphatic hydroxyl groups excluding tert-OH is 1. The molecule has 0 spiro atoms. The van der Waals surface area contributed by atoms with Crippen LogP contribution in [-0.2, 0) is 4.79 Å². The van der Waals surface area contributed by atoms with Gasteiger partial charge in [0.15, 0.2) is 0 Å². The second-order valence-electron chi connectivity index (χ2n) is 4.84. The summed E-state index contributed by atoms with van der Waals surface area (Å²) in [7, 11) is 0. The van der Waals surface area contributed by atoms with Gasteiger partial charge in [-0.05, 0) is 36.5 Å². The molecule has 4 heteroatoms. The number of hydrogen-bond acceptors (Lipinski definition) is 2. The number of halogens is 1. The monoisotopic (exact) mass is 279 g/mol. The lowest BCUT2D eigenvalue weighted by molar-refractivity contribution is -0.122. The van der Waals surface area contributed by atoms with Gasteiger partial charge in [-0.2, -0.15) is 0 Å². The molecule has 3 nitrogen and oxygen atoms in total. The van der Waals surface area contributed by atoms with Gasteiger partial charge in [-0.25, -0.2) is 0 Å². The van der Waals surface area contributed by atoms with E-state index in [1.165, 1.54) is 0 Å². The van der Waals surface area contributed by atoms with Gasteiger partial charge in [-0.1, -0.05) is 35.9 Å². The fourth-order valence-electron chi connectivity index (χ4n) is 2.19. The molecular weight excluding hydrogens is 262 g/mol. The maximum absolute atomic E-state index is 11.7. The average Bonchev–Trinajstić information content (AvgIpc) is 2.89. The number of carbonyl (C=O) groups is 1. The van der Waals surface area contributed by atoms with E-state index >= 15 is 0 Å². The molecule has 1 aromatic rings. The van der Waals surface area contributed by atoms with Gasteiger partial charge in [0, 0.05) is 18.0 Å². The standard InChI is InChI=1S/C15H18ClNO2/c16-13-7-5-12(6-8-13)14(18)10-17-15(19)9-11-3-1-2-4-11/h1,3,5-8,11,14,18H,2,4,9-10H2,(H,17,19)/t11-,14+/m0/s1. The first-order valence-corrected chi connectivity index (χ1v) is 6.90. The lowest BCUT2D eigenvalue weighted by atomic mass is 10.0. The van der Waals surface area contributed by atoms with Crippen LogP contribution >= 0.6 is 11.6 Å². The van der Waals surface area contributed by atoms with Gasteiger partial charge in [0.2, 0.25) is 5.91 Å². The highest BCUT2D eigenvalue weighted by atomic mass is 35.5. The van der Waals surface area contributed by atoms with Crippen LogP contribution in [0.2, 0.25) is 5.02 Å². The molecule has 1 aromatic carbocycles. The molecule has 0 heterocycles. The third-order valence-electron chi connectivity index (χ3n) is 3.31. The number of rotatable bonds is 5. The lowest BCUT2D eigenvalue weighted by Gasteiger charge is -2.13. The van der Waals surface area contributed by atoms with Gasteiger partial charge < -0.3 is 10.4 Å². The predicted molar refractivity (Wildman–Crippen MR) is 75.9 cm³/mol. The van der Waals surface area contributed by atoms with E-state index in [0.29, 0.717) is 17.4 Å². The Bertz CT molecular complexity index is 456. The van der Waals surface area contributed by atoms with Crippen LogP contribution in [0.3, 0.4) is 0 Å². The summed E-state index contributed by atoms with van der Waals surface area (Å²) in [5.74, 6) is 0.345. The van der Waals surface area contributed by atoms with E-state index in [1.54, 1.807) is 24.3 Å². The SMILES string of the molecule is O=C(C[C@H]1C=CCC1)NC[C@@H](O)c1ccc(Cl)cc1. The van der Waals surface area contributed by atoms with Crippen LogP contribution in [-0.4, -0.2) is 17.6 Å². The minimum absolute atomic E-state index is 0.00966. The van der Waals surface area contributed by atoms with Crippen molar-refractivity contribution in [2.45, 2.75) is 25.4 Å². The highest BCUT2D eigenvalue weighted by Crippen LogP contribution is 2.20. The first kappa shape index (κ1) is 14.1. The zero-order valence-electron chi connectivity index (χ0n) is 10.7. The first-order chi connectivity index (χ1) is 9.15. The van der Waals surface area contributed by atoms with Crippen molar-refractivity contribution in [1.82, 2.24) is 5.32 Å². The molecule has 2 N–H and O–H groups in total. The molecular formula is C15H18ClNO2. The Kier molecular flexibility index (Phi) is 5.00. The van der Waals surface area contributed by atoms with Gasteiger partial charge in [0.25, 0.3) is 0 Å². The van der Waals surface area contributed by atoms with E-state index in [1.807, 2.05) is 0 Å². The van der Waals surface area contributed by atoms with Crippen molar-refractivity contribution >= 4 is 17.5 Å². The molecule has 0 saturated carbocycles. The van der Waals surface area contributed by atoms with Gasteiger partial charge >= 0.3 is 0 Å². The Hall–Kier alpha value is -1.32. The largest absolute Gasteiger partial charge is 0.387 e. The maximum Gasteiger partial charge on any atom is 0.220 e. The van der Waals surface area contributed by atoms with Crippen LogP contribution in [0.1, 0.15) is 30.9 Å². The molecule has 0 aromatic heterocycles. The van der Waals surface area contributed by atoms with Gasteiger partial charge in [0.1, 0.15) is 0 Å². The zero-order valence-corrected chi connectivity index (χ0v) is 11.4. The number of allylic oxidation sites excluding steroid dienone is 2. The lowest BCUT2D eigenvalue weighted by Crippen LogP contribution is -2.29. The summed E-state index contributed by atoms with van der Waals surface area (Å²) in [4.78, 5) is 11.7. The van der Waals surface area contributed by atoms with E-state index in [-0.39, 0.29) is 12.5 Å². The van der Waals surface area contributed by atoms with E-state index in [9.17, 15) is 9.90 Å². The number of benzene rings is 1. The highest BCUT2D eigenvalue weighted by molar-refractivity contribution is 6.30. The van der Waals surface area contributed by atoms with Crippen molar-refractivity contribution in [3.05, 3.63) is 47.0 Å². The van der Waals surface area contributed by atoms with Gasteiger partial charge in [-0.15, -0.1) is 0 Å². The number of hydrogen-bond donors (Lipinski definition) is 2. The number of nitrogens with one attached hydrogen (secondary N) is 1. The number of carbonyl (C=O) groups excluding carboxylic acids is 1. The molecule has 19 heavy (non-hydrogen) atoms. The third kappa shape index (κ3) is 4.37. The van der Waals surface area contributed by atoms with Crippen LogP contribution in [0.25, 0.3) is 0 Å². The predicted octanol–water partition coefficient (Wildman–Crippen LogP) is 2.85. The molecule has 0 fully saturated rings. The quantitative estimate of drug-likeness (QED) is 0.814. The summed E-state index contributed by atoms with van der Waals surface area (Å²) >= 11 is 5.78. The van der Waals surface area contributed by atoms with E-state index in [4.69, 9.17) is 11.6 Å². The average molecular weight is 280 g/mol. The third-order valence-corrected chi connectivity index (χ3v) is 3.56. The Morgan fingerprint density at radius 2 is 2.16 bits per heavy atom. The Labute approximate surface area is 118 Å². The molecule has 0 aliphatic heterocycles. The molecule has 1 aliphatic rings. The first-order valence-electron chi connectivity index (χ1n) is 6.52. The van der Waals surface area contributed by atoms with Crippen LogP contribution in [0.4, 0.5) is 0 Å². The summed E-state index contributed by atoms with van der Waals surface area (Å²) in [6.07, 6.45) is 6.12. The van der Waals surface area contributed by atoms with Crippen molar-refractivity contribution in [1.29, 1.82) is 0 Å². The van der Waals surface area contributed by atoms with Crippen molar-refractivity contribution in [2.75, 3.05) is 6.54 Å². The summed E-state index contributed by atoms with van der Waals surface area (Å²) in [5.41, 5.74) is 0.755. The van der Waals surface area contributed by atoms with E-state index in [0.717, 1.165) is 18.4 Å². The zero-order chi connectivity index (χ0) is 13.7. The Morgan fingerprint density at radius 1 is 1.42 bits per heavy atom. The van der Waals surface area contributed by atoms with Gasteiger partial charge in [0.05, 0.1) is 6.10 Å². The van der Waals surface area contributed by atoms with Crippen LogP contribution in [0.5, 0.6) is 0 Å². The van der Waals surface area contributed by atoms with Crippen LogP contribution < -0.4 is 5.32 Å². The molecule has 102 valence electrons. The summed E-state index contributed by atoms with van der Waals surface area (Å²) in [6.45, 7) is 0.233. The fourth-order valence-corrected chi connectivity index (χ4v) is 2.31. The summed E-state index contributed by atoms with van der Waals surface area (Å²) < 4.78 is 0. The fraction of sp³-hybridized carbons (Fsp3) is 0.400. The van der Waals surface area contributed by atoms with Crippen LogP contribution in [0, 0.1) is 5.92 Å². The second kappa shape index (κ2) is 6.73. The Balaban J connectivity index is 1.76. The smallest absolute Gasteiger partial charge is 0.220 e. The number of aliphatic hydroxyl groups is 1. The molecule has 0 saturated heterocycles.